The van der Waals surface area contributed by atoms with E-state index >= 15 is 0 Å². The fourth-order valence-corrected chi connectivity index (χ4v) is 3.16. The molecule has 0 fully saturated rings. The third kappa shape index (κ3) is 3.68. The van der Waals surface area contributed by atoms with Gasteiger partial charge in [-0.3, -0.25) is 9.59 Å². The Morgan fingerprint density at radius 2 is 1.75 bits per heavy atom. The highest BCUT2D eigenvalue weighted by Gasteiger charge is 2.10. The molecular formula is C23H16ClNO3. The lowest BCUT2D eigenvalue weighted by atomic mass is 10.1. The average Bonchev–Trinajstić information content (AvgIpc) is 2.68. The van der Waals surface area contributed by atoms with Gasteiger partial charge in [0.05, 0.1) is 5.39 Å². The van der Waals surface area contributed by atoms with E-state index in [4.69, 9.17) is 16.0 Å². The van der Waals surface area contributed by atoms with E-state index in [0.29, 0.717) is 33.0 Å². The van der Waals surface area contributed by atoms with Gasteiger partial charge in [0.15, 0.2) is 5.43 Å². The number of halogens is 1. The van der Waals surface area contributed by atoms with Crippen LogP contribution in [-0.4, -0.2) is 5.91 Å². The third-order valence-electron chi connectivity index (χ3n) is 4.40. The van der Waals surface area contributed by atoms with Crippen LogP contribution in [0.5, 0.6) is 0 Å². The Morgan fingerprint density at radius 3 is 2.50 bits per heavy atom. The second-order valence-electron chi connectivity index (χ2n) is 6.52. The van der Waals surface area contributed by atoms with E-state index in [9.17, 15) is 9.59 Å². The zero-order valence-electron chi connectivity index (χ0n) is 15.0. The van der Waals surface area contributed by atoms with E-state index in [1.165, 1.54) is 6.07 Å². The first-order chi connectivity index (χ1) is 13.5. The molecule has 0 spiro atoms. The summed E-state index contributed by atoms with van der Waals surface area (Å²) in [5.74, 6) is 0.215. The maximum atomic E-state index is 12.4. The molecule has 0 atom stereocenters. The summed E-state index contributed by atoms with van der Waals surface area (Å²) < 4.78 is 5.88. The Hall–Kier alpha value is -3.37. The minimum Gasteiger partial charge on any atom is -0.456 e. The van der Waals surface area contributed by atoms with Gasteiger partial charge in [-0.05, 0) is 49.4 Å². The minimum absolute atomic E-state index is 0.0947. The number of amides is 1. The van der Waals surface area contributed by atoms with Gasteiger partial charge >= 0.3 is 0 Å². The van der Waals surface area contributed by atoms with Crippen LogP contribution in [0.1, 0.15) is 15.9 Å². The maximum absolute atomic E-state index is 12.4. The fourth-order valence-electron chi connectivity index (χ4n) is 2.97. The minimum atomic E-state index is -0.246. The predicted octanol–water partition coefficient (Wildman–Crippen LogP) is 5.67. The van der Waals surface area contributed by atoms with Crippen LogP contribution in [0.25, 0.3) is 22.3 Å². The van der Waals surface area contributed by atoms with Gasteiger partial charge in [-0.15, -0.1) is 0 Å². The number of nitrogens with one attached hydrogen (secondary N) is 1. The molecule has 1 aromatic heterocycles. The average molecular weight is 390 g/mol. The molecule has 28 heavy (non-hydrogen) atoms. The number of carbonyl (C=O) groups is 1. The molecule has 0 radical (unpaired) electrons. The monoisotopic (exact) mass is 389 g/mol. The second kappa shape index (κ2) is 7.33. The van der Waals surface area contributed by atoms with Crippen molar-refractivity contribution in [3.8, 4) is 11.3 Å². The highest BCUT2D eigenvalue weighted by atomic mass is 35.5. The standard InChI is InChI=1S/C23H16ClNO3/c1-14-5-10-21-19(11-14)20(26)13-22(28-21)15-6-8-16(9-7-15)23(27)25-18-4-2-3-17(24)12-18/h2-13H,1H3,(H,25,27). The molecule has 3 aromatic carbocycles. The van der Waals surface area contributed by atoms with Gasteiger partial charge < -0.3 is 9.73 Å². The third-order valence-corrected chi connectivity index (χ3v) is 4.63. The molecule has 0 bridgehead atoms. The normalized spacial score (nSPS) is 10.8. The molecule has 0 aliphatic carbocycles. The lowest BCUT2D eigenvalue weighted by Gasteiger charge is -2.07. The largest absolute Gasteiger partial charge is 0.456 e. The van der Waals surface area contributed by atoms with Gasteiger partial charge in [-0.2, -0.15) is 0 Å². The van der Waals surface area contributed by atoms with Gasteiger partial charge in [0.2, 0.25) is 0 Å². The zero-order chi connectivity index (χ0) is 19.7. The van der Waals surface area contributed by atoms with Crippen LogP contribution in [0.4, 0.5) is 5.69 Å². The quantitative estimate of drug-likeness (QED) is 0.490. The number of rotatable bonds is 3. The molecule has 138 valence electrons. The van der Waals surface area contributed by atoms with Crippen LogP contribution in [0.15, 0.2) is 82.0 Å². The summed E-state index contributed by atoms with van der Waals surface area (Å²) in [4.78, 5) is 24.8. The Balaban J connectivity index is 1.61. The summed E-state index contributed by atoms with van der Waals surface area (Å²) in [7, 11) is 0. The number of carbonyl (C=O) groups excluding carboxylic acids is 1. The van der Waals surface area contributed by atoms with Crippen molar-refractivity contribution in [1.29, 1.82) is 0 Å². The van der Waals surface area contributed by atoms with E-state index in [1.54, 1.807) is 54.6 Å². The van der Waals surface area contributed by atoms with E-state index < -0.39 is 0 Å². The molecule has 5 heteroatoms. The molecule has 0 aliphatic heterocycles. The number of fused-ring (bicyclic) bond motifs is 1. The number of anilines is 1. The maximum Gasteiger partial charge on any atom is 0.255 e. The van der Waals surface area contributed by atoms with Crippen molar-refractivity contribution in [2.45, 2.75) is 6.92 Å². The van der Waals surface area contributed by atoms with E-state index in [2.05, 4.69) is 5.32 Å². The summed E-state index contributed by atoms with van der Waals surface area (Å²) in [5, 5.41) is 3.91. The molecule has 0 aliphatic rings. The van der Waals surface area contributed by atoms with E-state index in [0.717, 1.165) is 11.1 Å². The topological polar surface area (TPSA) is 59.3 Å². The summed E-state index contributed by atoms with van der Waals surface area (Å²) >= 11 is 5.94. The Labute approximate surface area is 166 Å². The zero-order valence-corrected chi connectivity index (χ0v) is 15.8. The lowest BCUT2D eigenvalue weighted by molar-refractivity contribution is 0.102. The van der Waals surface area contributed by atoms with Crippen molar-refractivity contribution >= 4 is 34.2 Å². The molecule has 0 saturated heterocycles. The fraction of sp³-hybridized carbons (Fsp3) is 0.0435. The number of hydrogen-bond acceptors (Lipinski definition) is 3. The van der Waals surface area contributed by atoms with Crippen LogP contribution in [0, 0.1) is 6.92 Å². The van der Waals surface area contributed by atoms with Crippen molar-refractivity contribution in [3.63, 3.8) is 0 Å². The summed E-state index contributed by atoms with van der Waals surface area (Å²) in [6.45, 7) is 1.93. The van der Waals surface area contributed by atoms with E-state index in [1.807, 2.05) is 19.1 Å². The summed E-state index contributed by atoms with van der Waals surface area (Å²) in [6.07, 6.45) is 0. The van der Waals surface area contributed by atoms with Gasteiger partial charge in [0, 0.05) is 27.9 Å². The molecule has 0 unspecified atom stereocenters. The number of benzene rings is 3. The Morgan fingerprint density at radius 1 is 0.964 bits per heavy atom. The second-order valence-corrected chi connectivity index (χ2v) is 6.95. The first kappa shape index (κ1) is 18.0. The molecule has 4 aromatic rings. The van der Waals surface area contributed by atoms with Gasteiger partial charge in [0.25, 0.3) is 5.91 Å². The van der Waals surface area contributed by atoms with Crippen molar-refractivity contribution < 1.29 is 9.21 Å². The van der Waals surface area contributed by atoms with Crippen LogP contribution in [0.3, 0.4) is 0 Å². The highest BCUT2D eigenvalue weighted by Crippen LogP contribution is 2.23. The predicted molar refractivity (Wildman–Crippen MR) is 112 cm³/mol. The van der Waals surface area contributed by atoms with Crippen LogP contribution in [-0.2, 0) is 0 Å². The summed E-state index contributed by atoms with van der Waals surface area (Å²) in [6, 6.07) is 20.8. The molecule has 1 N–H and O–H groups in total. The van der Waals surface area contributed by atoms with Crippen molar-refractivity contribution in [3.05, 3.63) is 99.2 Å². The van der Waals surface area contributed by atoms with Gasteiger partial charge in [0.1, 0.15) is 11.3 Å². The molecule has 1 heterocycles. The first-order valence-corrected chi connectivity index (χ1v) is 9.09. The van der Waals surface area contributed by atoms with Crippen molar-refractivity contribution in [2.75, 3.05) is 5.32 Å². The molecule has 1 amide bonds. The molecule has 4 rings (SSSR count). The first-order valence-electron chi connectivity index (χ1n) is 8.71. The van der Waals surface area contributed by atoms with Crippen LogP contribution >= 0.6 is 11.6 Å². The highest BCUT2D eigenvalue weighted by molar-refractivity contribution is 6.31. The number of hydrogen-bond donors (Lipinski definition) is 1. The summed E-state index contributed by atoms with van der Waals surface area (Å²) in [5.41, 5.74) is 3.28. The molecule has 0 saturated carbocycles. The molecule has 4 nitrogen and oxygen atoms in total. The van der Waals surface area contributed by atoms with Gasteiger partial charge in [-0.1, -0.05) is 41.4 Å². The smallest absolute Gasteiger partial charge is 0.255 e. The van der Waals surface area contributed by atoms with E-state index in [-0.39, 0.29) is 11.3 Å². The molecular weight excluding hydrogens is 374 g/mol. The lowest BCUT2D eigenvalue weighted by Crippen LogP contribution is -2.11. The Kier molecular flexibility index (Phi) is 4.72. The SMILES string of the molecule is Cc1ccc2oc(-c3ccc(C(=O)Nc4cccc(Cl)c4)cc3)cc(=O)c2c1. The van der Waals surface area contributed by atoms with Crippen molar-refractivity contribution in [1.82, 2.24) is 0 Å². The Bertz CT molecular complexity index is 1240. The van der Waals surface area contributed by atoms with Crippen LogP contribution < -0.4 is 10.7 Å². The number of aryl methyl sites for hydroxylation is 1. The van der Waals surface area contributed by atoms with Crippen LogP contribution in [0.2, 0.25) is 5.02 Å². The van der Waals surface area contributed by atoms with Gasteiger partial charge in [-0.25, -0.2) is 0 Å². The van der Waals surface area contributed by atoms with Crippen molar-refractivity contribution in [2.24, 2.45) is 0 Å².